The summed E-state index contributed by atoms with van der Waals surface area (Å²) in [4.78, 5) is 12.1. The maximum atomic E-state index is 12.6. The summed E-state index contributed by atoms with van der Waals surface area (Å²) < 4.78 is 27.7. The van der Waals surface area contributed by atoms with E-state index in [-0.39, 0.29) is 16.5 Å². The Labute approximate surface area is 146 Å². The van der Waals surface area contributed by atoms with Gasteiger partial charge in [0.05, 0.1) is 16.0 Å². The number of aryl methyl sites for hydroxylation is 1. The van der Waals surface area contributed by atoms with Crippen molar-refractivity contribution < 1.29 is 8.42 Å². The van der Waals surface area contributed by atoms with E-state index in [0.29, 0.717) is 27.6 Å². The van der Waals surface area contributed by atoms with Gasteiger partial charge in [-0.05, 0) is 38.5 Å². The second-order valence-electron chi connectivity index (χ2n) is 6.20. The average molecular weight is 357 g/mol. The van der Waals surface area contributed by atoms with Gasteiger partial charge in [-0.25, -0.2) is 18.2 Å². The van der Waals surface area contributed by atoms with E-state index in [1.807, 2.05) is 6.07 Å². The number of aromatic nitrogens is 2. The zero-order valence-corrected chi connectivity index (χ0v) is 15.0. The summed E-state index contributed by atoms with van der Waals surface area (Å²) in [5, 5.41) is 7.80. The van der Waals surface area contributed by atoms with Gasteiger partial charge in [-0.2, -0.15) is 5.10 Å². The number of hydrogen-bond acceptors (Lipinski definition) is 4. The van der Waals surface area contributed by atoms with Crippen LogP contribution in [0.4, 0.5) is 0 Å². The van der Waals surface area contributed by atoms with E-state index in [0.717, 1.165) is 0 Å². The van der Waals surface area contributed by atoms with E-state index >= 15 is 0 Å². The highest BCUT2D eigenvalue weighted by atomic mass is 32.2. The summed E-state index contributed by atoms with van der Waals surface area (Å²) in [5.74, 6) is 0. The van der Waals surface area contributed by atoms with Gasteiger partial charge in [0, 0.05) is 17.0 Å². The van der Waals surface area contributed by atoms with Gasteiger partial charge < -0.3 is 0 Å². The number of benzene rings is 2. The molecule has 0 atom stereocenters. The summed E-state index contributed by atoms with van der Waals surface area (Å²) in [6.07, 6.45) is 0. The number of rotatable bonds is 4. The van der Waals surface area contributed by atoms with Crippen LogP contribution in [0.5, 0.6) is 0 Å². The fourth-order valence-electron chi connectivity index (χ4n) is 2.75. The van der Waals surface area contributed by atoms with E-state index in [4.69, 9.17) is 0 Å². The van der Waals surface area contributed by atoms with Gasteiger partial charge in [-0.1, -0.05) is 30.3 Å². The zero-order chi connectivity index (χ0) is 18.2. The summed E-state index contributed by atoms with van der Waals surface area (Å²) in [5.41, 5.74) is 1.53. The molecular weight excluding hydrogens is 338 g/mol. The van der Waals surface area contributed by atoms with Crippen LogP contribution in [-0.4, -0.2) is 24.7 Å². The maximum Gasteiger partial charge on any atom is 0.272 e. The fourth-order valence-corrected chi connectivity index (χ4v) is 4.27. The van der Waals surface area contributed by atoms with Crippen molar-refractivity contribution in [3.63, 3.8) is 0 Å². The molecule has 0 fully saturated rings. The standard InChI is InChI=1S/C18H19N3O3S/c1-11(2)21-25(23,24)16-10-13(9-8-12(16)3)17-14-6-4-5-7-15(14)18(22)20-19-17/h4-11,21H,1-3H3,(H,20,22). The Morgan fingerprint density at radius 1 is 1.08 bits per heavy atom. The second-order valence-corrected chi connectivity index (χ2v) is 7.89. The Bertz CT molecular complexity index is 1100. The minimum Gasteiger partial charge on any atom is -0.267 e. The molecule has 3 rings (SSSR count). The number of fused-ring (bicyclic) bond motifs is 1. The van der Waals surface area contributed by atoms with Crippen molar-refractivity contribution in [1.82, 2.24) is 14.9 Å². The van der Waals surface area contributed by atoms with Crippen molar-refractivity contribution >= 4 is 20.8 Å². The second kappa shape index (κ2) is 6.42. The van der Waals surface area contributed by atoms with Gasteiger partial charge in [-0.15, -0.1) is 0 Å². The van der Waals surface area contributed by atoms with Crippen molar-refractivity contribution in [3.8, 4) is 11.3 Å². The lowest BCUT2D eigenvalue weighted by Crippen LogP contribution is -2.30. The van der Waals surface area contributed by atoms with E-state index in [1.165, 1.54) is 0 Å². The number of aromatic amines is 1. The predicted molar refractivity (Wildman–Crippen MR) is 98.0 cm³/mol. The van der Waals surface area contributed by atoms with Gasteiger partial charge in [0.1, 0.15) is 0 Å². The van der Waals surface area contributed by atoms with Crippen molar-refractivity contribution in [1.29, 1.82) is 0 Å². The van der Waals surface area contributed by atoms with Crippen LogP contribution in [0.1, 0.15) is 19.4 Å². The molecule has 0 radical (unpaired) electrons. The molecule has 1 aromatic heterocycles. The minimum atomic E-state index is -3.63. The summed E-state index contributed by atoms with van der Waals surface area (Å²) in [7, 11) is -3.63. The molecule has 0 unspecified atom stereocenters. The molecule has 2 N–H and O–H groups in total. The number of H-pyrrole nitrogens is 1. The van der Waals surface area contributed by atoms with Crippen molar-refractivity contribution in [2.75, 3.05) is 0 Å². The molecule has 0 aliphatic rings. The lowest BCUT2D eigenvalue weighted by molar-refractivity contribution is 0.569. The molecule has 130 valence electrons. The molecule has 0 saturated heterocycles. The van der Waals surface area contributed by atoms with Crippen molar-refractivity contribution in [2.24, 2.45) is 0 Å². The number of nitrogens with one attached hydrogen (secondary N) is 2. The smallest absolute Gasteiger partial charge is 0.267 e. The van der Waals surface area contributed by atoms with Crippen LogP contribution in [0.2, 0.25) is 0 Å². The fraction of sp³-hybridized carbons (Fsp3) is 0.222. The summed E-state index contributed by atoms with van der Waals surface area (Å²) >= 11 is 0. The molecule has 7 heteroatoms. The van der Waals surface area contributed by atoms with Crippen LogP contribution in [0, 0.1) is 6.92 Å². The number of hydrogen-bond donors (Lipinski definition) is 2. The lowest BCUT2D eigenvalue weighted by atomic mass is 10.0. The molecular formula is C18H19N3O3S. The maximum absolute atomic E-state index is 12.6. The lowest BCUT2D eigenvalue weighted by Gasteiger charge is -2.13. The topological polar surface area (TPSA) is 91.9 Å². The molecule has 0 aliphatic carbocycles. The molecule has 0 bridgehead atoms. The number of nitrogens with zero attached hydrogens (tertiary/aromatic N) is 1. The first-order valence-corrected chi connectivity index (χ1v) is 9.38. The first-order chi connectivity index (χ1) is 11.8. The molecule has 0 saturated carbocycles. The van der Waals surface area contributed by atoms with E-state index in [9.17, 15) is 13.2 Å². The summed E-state index contributed by atoms with van der Waals surface area (Å²) in [6, 6.07) is 12.0. The van der Waals surface area contributed by atoms with Gasteiger partial charge in [0.15, 0.2) is 0 Å². The van der Waals surface area contributed by atoms with Crippen LogP contribution < -0.4 is 10.3 Å². The Kier molecular flexibility index (Phi) is 4.45. The Morgan fingerprint density at radius 2 is 1.76 bits per heavy atom. The molecule has 2 aromatic carbocycles. The molecule has 1 heterocycles. The van der Waals surface area contributed by atoms with E-state index < -0.39 is 10.0 Å². The van der Waals surface area contributed by atoms with E-state index in [2.05, 4.69) is 14.9 Å². The Hall–Kier alpha value is -2.51. The molecule has 3 aromatic rings. The minimum absolute atomic E-state index is 0.204. The van der Waals surface area contributed by atoms with Gasteiger partial charge in [-0.3, -0.25) is 4.79 Å². The summed E-state index contributed by atoms with van der Waals surface area (Å²) in [6.45, 7) is 5.29. The van der Waals surface area contributed by atoms with Gasteiger partial charge in [0.25, 0.3) is 5.56 Å². The molecule has 6 nitrogen and oxygen atoms in total. The number of sulfonamides is 1. The first kappa shape index (κ1) is 17.3. The average Bonchev–Trinajstić information content (AvgIpc) is 2.55. The van der Waals surface area contributed by atoms with Crippen LogP contribution in [0.25, 0.3) is 22.0 Å². The third-order valence-corrected chi connectivity index (χ3v) is 5.64. The molecule has 0 aliphatic heterocycles. The van der Waals surface area contributed by atoms with Crippen molar-refractivity contribution in [2.45, 2.75) is 31.7 Å². The molecule has 0 amide bonds. The highest BCUT2D eigenvalue weighted by Gasteiger charge is 2.19. The van der Waals surface area contributed by atoms with Gasteiger partial charge in [0.2, 0.25) is 10.0 Å². The Morgan fingerprint density at radius 3 is 2.44 bits per heavy atom. The highest BCUT2D eigenvalue weighted by molar-refractivity contribution is 7.89. The molecule has 25 heavy (non-hydrogen) atoms. The highest BCUT2D eigenvalue weighted by Crippen LogP contribution is 2.27. The predicted octanol–water partition coefficient (Wildman–Crippen LogP) is 2.59. The van der Waals surface area contributed by atoms with Crippen LogP contribution in [0.3, 0.4) is 0 Å². The monoisotopic (exact) mass is 357 g/mol. The zero-order valence-electron chi connectivity index (χ0n) is 14.2. The van der Waals surface area contributed by atoms with Crippen LogP contribution >= 0.6 is 0 Å². The quantitative estimate of drug-likeness (QED) is 0.751. The van der Waals surface area contributed by atoms with Gasteiger partial charge >= 0.3 is 0 Å². The largest absolute Gasteiger partial charge is 0.272 e. The third-order valence-electron chi connectivity index (χ3n) is 3.84. The Balaban J connectivity index is 2.23. The SMILES string of the molecule is Cc1ccc(-c2n[nH]c(=O)c3ccccc23)cc1S(=O)(=O)NC(C)C. The third kappa shape index (κ3) is 3.33. The first-order valence-electron chi connectivity index (χ1n) is 7.90. The van der Waals surface area contributed by atoms with Crippen molar-refractivity contribution in [3.05, 3.63) is 58.4 Å². The normalized spacial score (nSPS) is 12.0. The van der Waals surface area contributed by atoms with Crippen LogP contribution in [-0.2, 0) is 10.0 Å². The van der Waals surface area contributed by atoms with Crippen LogP contribution in [0.15, 0.2) is 52.2 Å². The molecule has 0 spiro atoms. The van der Waals surface area contributed by atoms with E-state index in [1.54, 1.807) is 57.2 Å².